The molecule has 0 aliphatic carbocycles. The van der Waals surface area contributed by atoms with Gasteiger partial charge in [-0.05, 0) is 27.6 Å². The van der Waals surface area contributed by atoms with Gasteiger partial charge in [0.2, 0.25) is 0 Å². The summed E-state index contributed by atoms with van der Waals surface area (Å²) in [6.45, 7) is 0. The van der Waals surface area contributed by atoms with Crippen LogP contribution in [0.1, 0.15) is 16.7 Å². The predicted molar refractivity (Wildman–Crippen MR) is 140 cm³/mol. The van der Waals surface area contributed by atoms with E-state index in [4.69, 9.17) is 4.74 Å². The largest absolute Gasteiger partial charge is 0.472 e. The average Bonchev–Trinajstić information content (AvgIpc) is 2.93. The van der Waals surface area contributed by atoms with Gasteiger partial charge < -0.3 is 4.74 Å². The Hall–Kier alpha value is -4.36. The molecule has 1 heterocycles. The zero-order valence-corrected chi connectivity index (χ0v) is 18.6. The Kier molecular flexibility index (Phi) is 4.13. The third kappa shape index (κ3) is 2.61. The van der Waals surface area contributed by atoms with Gasteiger partial charge in [-0.15, -0.1) is 0 Å². The van der Waals surface area contributed by atoms with Crippen LogP contribution in [-0.4, -0.2) is 0 Å². The Morgan fingerprint density at radius 2 is 0.912 bits per heavy atom. The summed E-state index contributed by atoms with van der Waals surface area (Å²) in [6, 6.07) is 47.3. The Labute approximate surface area is 198 Å². The average molecular weight is 435 g/mol. The molecule has 1 nitrogen and oxygen atoms in total. The Morgan fingerprint density at radius 1 is 0.412 bits per heavy atom. The van der Waals surface area contributed by atoms with E-state index in [0.29, 0.717) is 0 Å². The topological polar surface area (TPSA) is 9.23 Å². The van der Waals surface area contributed by atoms with Gasteiger partial charge in [-0.3, -0.25) is 0 Å². The van der Waals surface area contributed by atoms with Gasteiger partial charge in [-0.1, -0.05) is 127 Å². The first-order valence-corrected chi connectivity index (χ1v) is 11.7. The molecular formula is C33H22O. The fraction of sp³-hybridized carbons (Fsp3) is 0.0303. The molecule has 0 saturated heterocycles. The second-order valence-electron chi connectivity index (χ2n) is 8.88. The van der Waals surface area contributed by atoms with Crippen molar-refractivity contribution < 1.29 is 4.74 Å². The van der Waals surface area contributed by atoms with Crippen molar-refractivity contribution in [3.63, 3.8) is 0 Å². The third-order valence-corrected chi connectivity index (χ3v) is 7.07. The lowest BCUT2D eigenvalue weighted by molar-refractivity contribution is 0.152. The molecule has 0 spiro atoms. The first kappa shape index (κ1) is 19.1. The van der Waals surface area contributed by atoms with Gasteiger partial charge in [0.15, 0.2) is 5.60 Å². The van der Waals surface area contributed by atoms with Crippen LogP contribution in [0.4, 0.5) is 0 Å². The van der Waals surface area contributed by atoms with Crippen molar-refractivity contribution in [1.29, 1.82) is 0 Å². The second-order valence-corrected chi connectivity index (χ2v) is 8.88. The van der Waals surface area contributed by atoms with E-state index in [0.717, 1.165) is 16.9 Å². The van der Waals surface area contributed by atoms with Gasteiger partial charge in [-0.25, -0.2) is 0 Å². The third-order valence-electron chi connectivity index (χ3n) is 7.07. The van der Waals surface area contributed by atoms with Gasteiger partial charge in [0.1, 0.15) is 5.75 Å². The van der Waals surface area contributed by atoms with Crippen molar-refractivity contribution >= 4 is 21.5 Å². The SMILES string of the molecule is c1ccc(C2(c3ccccc3)Oc3ccc4ccccc4c3-c3c2ccc2ccccc32)cc1. The highest BCUT2D eigenvalue weighted by Gasteiger charge is 2.45. The zero-order valence-electron chi connectivity index (χ0n) is 18.6. The molecule has 0 fully saturated rings. The van der Waals surface area contributed by atoms with Crippen LogP contribution in [0.5, 0.6) is 5.75 Å². The fourth-order valence-electron chi connectivity index (χ4n) is 5.59. The van der Waals surface area contributed by atoms with Crippen LogP contribution < -0.4 is 4.74 Å². The normalized spacial score (nSPS) is 13.8. The quantitative estimate of drug-likeness (QED) is 0.266. The monoisotopic (exact) mass is 434 g/mol. The number of benzene rings is 6. The summed E-state index contributed by atoms with van der Waals surface area (Å²) < 4.78 is 7.18. The van der Waals surface area contributed by atoms with Crippen molar-refractivity contribution in [2.45, 2.75) is 5.60 Å². The lowest BCUT2D eigenvalue weighted by Gasteiger charge is -2.42. The van der Waals surface area contributed by atoms with Crippen LogP contribution in [-0.2, 0) is 5.60 Å². The van der Waals surface area contributed by atoms with Crippen LogP contribution in [0.2, 0.25) is 0 Å². The molecular weight excluding hydrogens is 412 g/mol. The summed E-state index contributed by atoms with van der Waals surface area (Å²) in [5.41, 5.74) is 5.09. The van der Waals surface area contributed by atoms with Crippen LogP contribution in [0, 0.1) is 0 Å². The number of ether oxygens (including phenoxy) is 1. The second kappa shape index (κ2) is 7.33. The maximum absolute atomic E-state index is 7.18. The highest BCUT2D eigenvalue weighted by Crippen LogP contribution is 2.55. The molecule has 0 unspecified atom stereocenters. The van der Waals surface area contributed by atoms with Crippen molar-refractivity contribution in [1.82, 2.24) is 0 Å². The zero-order chi connectivity index (χ0) is 22.5. The molecule has 6 aromatic rings. The minimum Gasteiger partial charge on any atom is -0.472 e. The predicted octanol–water partition coefficient (Wildman–Crippen LogP) is 8.34. The lowest BCUT2D eigenvalue weighted by atomic mass is 9.73. The van der Waals surface area contributed by atoms with Crippen molar-refractivity contribution in [2.75, 3.05) is 0 Å². The summed E-state index contributed by atoms with van der Waals surface area (Å²) in [7, 11) is 0. The van der Waals surface area contributed by atoms with Gasteiger partial charge in [-0.2, -0.15) is 0 Å². The fourth-order valence-corrected chi connectivity index (χ4v) is 5.59. The molecule has 6 aromatic carbocycles. The van der Waals surface area contributed by atoms with E-state index in [1.54, 1.807) is 0 Å². The number of fused-ring (bicyclic) bond motifs is 7. The van der Waals surface area contributed by atoms with Gasteiger partial charge >= 0.3 is 0 Å². The number of rotatable bonds is 2. The number of hydrogen-bond acceptors (Lipinski definition) is 1. The van der Waals surface area contributed by atoms with Gasteiger partial charge in [0, 0.05) is 27.8 Å². The van der Waals surface area contributed by atoms with Crippen LogP contribution in [0.25, 0.3) is 32.7 Å². The van der Waals surface area contributed by atoms with E-state index in [-0.39, 0.29) is 0 Å². The first-order chi connectivity index (χ1) is 16.9. The Bertz CT molecular complexity index is 1630. The van der Waals surface area contributed by atoms with E-state index in [2.05, 4.69) is 133 Å². The molecule has 0 N–H and O–H groups in total. The molecule has 1 heteroatoms. The van der Waals surface area contributed by atoms with Crippen molar-refractivity contribution in [3.05, 3.63) is 150 Å². The molecule has 1 aliphatic rings. The standard InChI is InChI=1S/C33H22O/c1-3-13-25(14-4-1)33(26-15-5-2-6-16-26)29-21-19-23-11-7-9-17-27(23)31(29)32-28-18-10-8-12-24(28)20-22-30(32)34-33/h1-22H. The van der Waals surface area contributed by atoms with Crippen LogP contribution in [0.3, 0.4) is 0 Å². The summed E-state index contributed by atoms with van der Waals surface area (Å²) in [5, 5.41) is 4.91. The maximum Gasteiger partial charge on any atom is 0.185 e. The summed E-state index contributed by atoms with van der Waals surface area (Å²) in [6.07, 6.45) is 0. The molecule has 160 valence electrons. The molecule has 1 aliphatic heterocycles. The first-order valence-electron chi connectivity index (χ1n) is 11.7. The van der Waals surface area contributed by atoms with Crippen LogP contribution >= 0.6 is 0 Å². The van der Waals surface area contributed by atoms with E-state index >= 15 is 0 Å². The van der Waals surface area contributed by atoms with Crippen molar-refractivity contribution in [2.24, 2.45) is 0 Å². The van der Waals surface area contributed by atoms with Crippen LogP contribution in [0.15, 0.2) is 133 Å². The molecule has 0 saturated carbocycles. The van der Waals surface area contributed by atoms with Gasteiger partial charge in [0.05, 0.1) is 0 Å². The molecule has 34 heavy (non-hydrogen) atoms. The summed E-state index contributed by atoms with van der Waals surface area (Å²) >= 11 is 0. The van der Waals surface area contributed by atoms with E-state index in [1.807, 2.05) is 0 Å². The lowest BCUT2D eigenvalue weighted by Crippen LogP contribution is -2.38. The van der Waals surface area contributed by atoms with Gasteiger partial charge in [0.25, 0.3) is 0 Å². The molecule has 0 atom stereocenters. The van der Waals surface area contributed by atoms with Crippen molar-refractivity contribution in [3.8, 4) is 16.9 Å². The molecule has 0 amide bonds. The van der Waals surface area contributed by atoms with E-state index in [1.165, 1.54) is 38.2 Å². The molecule has 0 radical (unpaired) electrons. The summed E-state index contributed by atoms with van der Waals surface area (Å²) in [4.78, 5) is 0. The van der Waals surface area contributed by atoms with E-state index in [9.17, 15) is 0 Å². The maximum atomic E-state index is 7.18. The minimum atomic E-state index is -0.753. The molecule has 0 bridgehead atoms. The minimum absolute atomic E-state index is 0.753. The Balaban J connectivity index is 1.70. The molecule has 7 rings (SSSR count). The Morgan fingerprint density at radius 3 is 1.53 bits per heavy atom. The number of hydrogen-bond donors (Lipinski definition) is 0. The van der Waals surface area contributed by atoms with E-state index < -0.39 is 5.60 Å². The molecule has 0 aromatic heterocycles. The summed E-state index contributed by atoms with van der Waals surface area (Å²) in [5.74, 6) is 0.912. The smallest absolute Gasteiger partial charge is 0.185 e. The highest BCUT2D eigenvalue weighted by atomic mass is 16.5. The highest BCUT2D eigenvalue weighted by molar-refractivity contribution is 6.10.